The van der Waals surface area contributed by atoms with E-state index in [4.69, 9.17) is 0 Å². The fraction of sp³-hybridized carbons (Fsp3) is 1.00. The van der Waals surface area contributed by atoms with E-state index in [9.17, 15) is 5.21 Å². The fourth-order valence-corrected chi connectivity index (χ4v) is 1.08. The van der Waals surface area contributed by atoms with Gasteiger partial charge in [-0.15, -0.1) is 0 Å². The fourth-order valence-electron chi connectivity index (χ4n) is 1.08. The highest BCUT2D eigenvalue weighted by molar-refractivity contribution is 4.69. The standard InChI is InChI=1S/C9H21NO/c1-5-9(3,6-2)7-8-10(4)11/h10H,5-8H2,1-4H3. The first-order chi connectivity index (χ1) is 5.04. The number of hydrogen-bond acceptors (Lipinski definition) is 1. The average molecular weight is 159 g/mol. The van der Waals surface area contributed by atoms with Crippen molar-refractivity contribution in [3.05, 3.63) is 5.21 Å². The van der Waals surface area contributed by atoms with Crippen molar-refractivity contribution in [1.82, 2.24) is 0 Å². The van der Waals surface area contributed by atoms with E-state index in [0.717, 1.165) is 13.0 Å². The summed E-state index contributed by atoms with van der Waals surface area (Å²) in [6, 6.07) is 0. The number of rotatable bonds is 5. The van der Waals surface area contributed by atoms with Gasteiger partial charge in [-0.3, -0.25) is 0 Å². The molecule has 0 radical (unpaired) electrons. The van der Waals surface area contributed by atoms with Gasteiger partial charge in [-0.2, -0.15) is 0 Å². The number of quaternary nitrogens is 1. The third-order valence-corrected chi connectivity index (χ3v) is 2.79. The molecule has 0 aromatic rings. The molecular formula is C9H21NO. The van der Waals surface area contributed by atoms with E-state index < -0.39 is 0 Å². The predicted molar refractivity (Wildman–Crippen MR) is 48.4 cm³/mol. The van der Waals surface area contributed by atoms with Crippen molar-refractivity contribution in [2.45, 2.75) is 40.0 Å². The Hall–Kier alpha value is -0.0800. The molecule has 0 fully saturated rings. The van der Waals surface area contributed by atoms with Crippen LogP contribution in [0.15, 0.2) is 0 Å². The molecule has 68 valence electrons. The third kappa shape index (κ3) is 4.38. The van der Waals surface area contributed by atoms with Gasteiger partial charge >= 0.3 is 0 Å². The highest BCUT2D eigenvalue weighted by Crippen LogP contribution is 2.28. The minimum atomic E-state index is 0.318. The van der Waals surface area contributed by atoms with Gasteiger partial charge in [0.05, 0.1) is 13.6 Å². The van der Waals surface area contributed by atoms with Crippen LogP contribution in [0.3, 0.4) is 0 Å². The molecule has 0 bridgehead atoms. The average Bonchev–Trinajstić information content (AvgIpc) is 2.00. The Morgan fingerprint density at radius 2 is 1.73 bits per heavy atom. The Bertz CT molecular complexity index is 97.7. The molecule has 0 heterocycles. The summed E-state index contributed by atoms with van der Waals surface area (Å²) < 4.78 is 0. The van der Waals surface area contributed by atoms with Crippen LogP contribution in [0.5, 0.6) is 0 Å². The third-order valence-electron chi connectivity index (χ3n) is 2.79. The summed E-state index contributed by atoms with van der Waals surface area (Å²) in [5.41, 5.74) is 0.395. The second kappa shape index (κ2) is 4.73. The van der Waals surface area contributed by atoms with Gasteiger partial charge in [0.1, 0.15) is 0 Å². The largest absolute Gasteiger partial charge is 0.634 e. The minimum absolute atomic E-state index is 0.318. The van der Waals surface area contributed by atoms with E-state index in [0.29, 0.717) is 10.5 Å². The van der Waals surface area contributed by atoms with Gasteiger partial charge in [-0.1, -0.05) is 33.6 Å². The molecule has 0 aromatic heterocycles. The van der Waals surface area contributed by atoms with Crippen molar-refractivity contribution in [1.29, 1.82) is 0 Å². The second-order valence-corrected chi connectivity index (χ2v) is 3.72. The Morgan fingerprint density at radius 1 is 1.27 bits per heavy atom. The topological polar surface area (TPSA) is 27.5 Å². The van der Waals surface area contributed by atoms with Crippen LogP contribution in [0.2, 0.25) is 0 Å². The Kier molecular flexibility index (Phi) is 4.69. The molecule has 0 aromatic carbocycles. The molecule has 2 heteroatoms. The number of hydroxylamine groups is 2. The van der Waals surface area contributed by atoms with E-state index in [1.54, 1.807) is 7.05 Å². The monoisotopic (exact) mass is 159 g/mol. The van der Waals surface area contributed by atoms with E-state index in [1.165, 1.54) is 12.8 Å². The highest BCUT2D eigenvalue weighted by atomic mass is 16.5. The van der Waals surface area contributed by atoms with Crippen LogP contribution in [0.25, 0.3) is 0 Å². The van der Waals surface area contributed by atoms with Crippen LogP contribution in [0.1, 0.15) is 40.0 Å². The molecule has 0 saturated carbocycles. The molecular weight excluding hydrogens is 138 g/mol. The van der Waals surface area contributed by atoms with Crippen LogP contribution in [-0.4, -0.2) is 13.6 Å². The van der Waals surface area contributed by atoms with Crippen LogP contribution in [0, 0.1) is 10.6 Å². The first-order valence-corrected chi connectivity index (χ1v) is 4.53. The van der Waals surface area contributed by atoms with Crippen molar-refractivity contribution >= 4 is 0 Å². The second-order valence-electron chi connectivity index (χ2n) is 3.72. The zero-order valence-corrected chi connectivity index (χ0v) is 8.24. The van der Waals surface area contributed by atoms with Crippen LogP contribution < -0.4 is 5.06 Å². The van der Waals surface area contributed by atoms with Crippen molar-refractivity contribution in [3.8, 4) is 0 Å². The lowest BCUT2D eigenvalue weighted by Gasteiger charge is -2.28. The van der Waals surface area contributed by atoms with E-state index >= 15 is 0 Å². The first-order valence-electron chi connectivity index (χ1n) is 4.53. The number of hydrogen-bond donors (Lipinski definition) is 1. The Balaban J connectivity index is 3.69. The summed E-state index contributed by atoms with van der Waals surface area (Å²) >= 11 is 0. The lowest BCUT2D eigenvalue weighted by atomic mass is 9.81. The summed E-state index contributed by atoms with van der Waals surface area (Å²) in [7, 11) is 1.67. The van der Waals surface area contributed by atoms with Gasteiger partial charge < -0.3 is 10.3 Å². The zero-order chi connectivity index (χ0) is 8.91. The van der Waals surface area contributed by atoms with Crippen LogP contribution in [0.4, 0.5) is 0 Å². The van der Waals surface area contributed by atoms with Gasteiger partial charge in [0.25, 0.3) is 0 Å². The van der Waals surface area contributed by atoms with Gasteiger partial charge in [-0.25, -0.2) is 0 Å². The van der Waals surface area contributed by atoms with E-state index in [-0.39, 0.29) is 0 Å². The molecule has 1 unspecified atom stereocenters. The molecule has 1 N–H and O–H groups in total. The van der Waals surface area contributed by atoms with Gasteiger partial charge in [0.15, 0.2) is 0 Å². The van der Waals surface area contributed by atoms with Gasteiger partial charge in [0.2, 0.25) is 0 Å². The van der Waals surface area contributed by atoms with Gasteiger partial charge in [-0.05, 0) is 5.41 Å². The number of nitrogens with one attached hydrogen (secondary N) is 1. The smallest absolute Gasteiger partial charge is 0.0771 e. The summed E-state index contributed by atoms with van der Waals surface area (Å²) in [4.78, 5) is 0. The lowest BCUT2D eigenvalue weighted by molar-refractivity contribution is -0.826. The summed E-state index contributed by atoms with van der Waals surface area (Å²) in [6.45, 7) is 7.40. The molecule has 11 heavy (non-hydrogen) atoms. The molecule has 0 aliphatic heterocycles. The first kappa shape index (κ1) is 10.9. The minimum Gasteiger partial charge on any atom is -0.634 e. The molecule has 1 atom stereocenters. The zero-order valence-electron chi connectivity index (χ0n) is 8.24. The van der Waals surface area contributed by atoms with Gasteiger partial charge in [0, 0.05) is 6.42 Å². The molecule has 0 aliphatic rings. The lowest BCUT2D eigenvalue weighted by Crippen LogP contribution is -3.03. The summed E-state index contributed by atoms with van der Waals surface area (Å²) in [5.74, 6) is 0. The van der Waals surface area contributed by atoms with E-state index in [2.05, 4.69) is 20.8 Å². The molecule has 0 aliphatic carbocycles. The molecule has 0 saturated heterocycles. The quantitative estimate of drug-likeness (QED) is 0.600. The maximum atomic E-state index is 10.7. The molecule has 0 spiro atoms. The summed E-state index contributed by atoms with van der Waals surface area (Å²) in [6.07, 6.45) is 3.41. The maximum Gasteiger partial charge on any atom is 0.0771 e. The van der Waals surface area contributed by atoms with Crippen molar-refractivity contribution in [2.24, 2.45) is 5.41 Å². The van der Waals surface area contributed by atoms with Crippen molar-refractivity contribution < 1.29 is 5.06 Å². The van der Waals surface area contributed by atoms with Crippen molar-refractivity contribution in [2.75, 3.05) is 13.6 Å². The molecule has 0 amide bonds. The summed E-state index contributed by atoms with van der Waals surface area (Å²) in [5, 5.41) is 11.0. The molecule has 0 rings (SSSR count). The van der Waals surface area contributed by atoms with E-state index in [1.807, 2.05) is 0 Å². The SMILES string of the molecule is CCC(C)(CC)CC[NH+](C)[O-]. The van der Waals surface area contributed by atoms with Crippen molar-refractivity contribution in [3.63, 3.8) is 0 Å². The predicted octanol–water partition coefficient (Wildman–Crippen LogP) is 1.22. The molecule has 2 nitrogen and oxygen atoms in total. The van der Waals surface area contributed by atoms with Crippen LogP contribution >= 0.6 is 0 Å². The van der Waals surface area contributed by atoms with Crippen LogP contribution in [-0.2, 0) is 0 Å². The Labute approximate surface area is 70.2 Å². The maximum absolute atomic E-state index is 10.7. The Morgan fingerprint density at radius 3 is 2.00 bits per heavy atom. The normalized spacial score (nSPS) is 15.0. The highest BCUT2D eigenvalue weighted by Gasteiger charge is 2.19.